The van der Waals surface area contributed by atoms with Crippen molar-refractivity contribution in [3.63, 3.8) is 0 Å². The molecule has 0 aliphatic carbocycles. The Morgan fingerprint density at radius 2 is 0.585 bits per heavy atom. The van der Waals surface area contributed by atoms with E-state index in [2.05, 4.69) is 59.2 Å². The Labute approximate surface area is 304 Å². The van der Waals surface area contributed by atoms with Gasteiger partial charge in [0.15, 0.2) is 52.0 Å². The van der Waals surface area contributed by atoms with E-state index in [4.69, 9.17) is 13.6 Å². The molecule has 0 spiro atoms. The summed E-state index contributed by atoms with van der Waals surface area (Å²) in [7, 11) is -6.84. The van der Waals surface area contributed by atoms with Gasteiger partial charge in [-0.2, -0.15) is 0 Å². The summed E-state index contributed by atoms with van der Waals surface area (Å²) in [5.41, 5.74) is -11.3. The molecule has 0 aliphatic rings. The van der Waals surface area contributed by atoms with Gasteiger partial charge in [-0.15, -0.1) is 0 Å². The third-order valence-electron chi connectivity index (χ3n) is 7.73. The first-order chi connectivity index (χ1) is 24.8. The van der Waals surface area contributed by atoms with Crippen molar-refractivity contribution in [3.05, 3.63) is 114 Å². The number of rotatable bonds is 30. The van der Waals surface area contributed by atoms with Gasteiger partial charge >= 0.3 is 7.82 Å². The molecule has 53 heavy (non-hydrogen) atoms. The van der Waals surface area contributed by atoms with Crippen LogP contribution in [0.3, 0.4) is 0 Å². The van der Waals surface area contributed by atoms with E-state index in [0.29, 0.717) is 54.7 Å². The molecule has 16 nitrogen and oxygen atoms in total. The molecule has 0 bridgehead atoms. The van der Waals surface area contributed by atoms with Gasteiger partial charge in [0.1, 0.15) is 0 Å². The Bertz CT molecular complexity index is 1460. The molecule has 17 heteroatoms. The highest BCUT2D eigenvalue weighted by Crippen LogP contribution is 2.62. The van der Waals surface area contributed by atoms with Gasteiger partial charge in [-0.05, 0) is 54.7 Å². The van der Waals surface area contributed by atoms with Gasteiger partial charge in [0.2, 0.25) is 16.8 Å². The van der Waals surface area contributed by atoms with Crippen LogP contribution in [0.2, 0.25) is 0 Å². The molecule has 0 aromatic rings. The molecular formula is C36H39O16P. The number of phosphoric ester groups is 1. The van der Waals surface area contributed by atoms with Crippen molar-refractivity contribution >= 4 is 59.9 Å². The molecule has 0 aromatic carbocycles. The number of carbonyl (C=O) groups is 9. The van der Waals surface area contributed by atoms with E-state index in [1.165, 1.54) is 0 Å². The summed E-state index contributed by atoms with van der Waals surface area (Å²) in [6.45, 7) is 24.1. The highest BCUT2D eigenvalue weighted by Gasteiger charge is 2.66. The summed E-state index contributed by atoms with van der Waals surface area (Å²) in [6, 6.07) is 0. The van der Waals surface area contributed by atoms with Crippen molar-refractivity contribution < 1.29 is 76.6 Å². The van der Waals surface area contributed by atoms with Crippen molar-refractivity contribution in [2.45, 2.75) is 16.8 Å². The lowest BCUT2D eigenvalue weighted by Gasteiger charge is -2.43. The van der Waals surface area contributed by atoms with E-state index in [0.717, 1.165) is 0 Å². The lowest BCUT2D eigenvalue weighted by atomic mass is 9.78. The first-order valence-corrected chi connectivity index (χ1v) is 16.3. The van der Waals surface area contributed by atoms with Crippen LogP contribution in [0.4, 0.5) is 0 Å². The van der Waals surface area contributed by atoms with Gasteiger partial charge in [0, 0.05) is 0 Å². The van der Waals surface area contributed by atoms with Crippen LogP contribution < -0.4 is 0 Å². The zero-order valence-electron chi connectivity index (χ0n) is 28.5. The molecule has 0 heterocycles. The average Bonchev–Trinajstić information content (AvgIpc) is 3.17. The molecule has 0 saturated carbocycles. The van der Waals surface area contributed by atoms with Crippen LogP contribution in [0.5, 0.6) is 0 Å². The Morgan fingerprint density at radius 1 is 0.415 bits per heavy atom. The summed E-state index contributed by atoms with van der Waals surface area (Å²) >= 11 is 0. The Morgan fingerprint density at radius 3 is 0.698 bits per heavy atom. The van der Waals surface area contributed by atoms with Gasteiger partial charge in [-0.3, -0.25) is 56.7 Å². The van der Waals surface area contributed by atoms with E-state index in [9.17, 15) is 58.5 Å². The van der Waals surface area contributed by atoms with Crippen LogP contribution in [-0.2, 0) is 61.3 Å². The fourth-order valence-electron chi connectivity index (χ4n) is 5.03. The maximum Gasteiger partial charge on any atom is 0.479 e. The van der Waals surface area contributed by atoms with Crippen molar-refractivity contribution in [1.82, 2.24) is 0 Å². The van der Waals surface area contributed by atoms with Crippen molar-refractivity contribution in [2.24, 2.45) is 17.8 Å². The predicted octanol–water partition coefficient (Wildman–Crippen LogP) is 0.982. The molecule has 0 fully saturated rings. The van der Waals surface area contributed by atoms with Crippen molar-refractivity contribution in [2.75, 3.05) is 19.8 Å². The number of ketones is 9. The number of phosphoric acid groups is 1. The number of aliphatic hydroxyl groups excluding tert-OH is 3. The third kappa shape index (κ3) is 8.84. The number of aliphatic hydroxyl groups is 3. The molecule has 3 N–H and O–H groups in total. The Hall–Kier alpha value is -5.32. The molecule has 0 aromatic heterocycles. The van der Waals surface area contributed by atoms with Gasteiger partial charge in [0.05, 0.1) is 37.6 Å². The van der Waals surface area contributed by atoms with Crippen LogP contribution in [-0.4, -0.2) is 104 Å². The van der Waals surface area contributed by atoms with Crippen LogP contribution in [0, 0.1) is 17.8 Å². The smallest absolute Gasteiger partial charge is 0.395 e. The second kappa shape index (κ2) is 20.1. The fraction of sp³-hybridized carbons (Fsp3) is 0.250. The maximum atomic E-state index is 15.5. The zero-order chi connectivity index (χ0) is 41.5. The van der Waals surface area contributed by atoms with E-state index < -0.39 is 114 Å². The monoisotopic (exact) mass is 758 g/mol. The van der Waals surface area contributed by atoms with E-state index in [1.54, 1.807) is 0 Å². The van der Waals surface area contributed by atoms with Gasteiger partial charge in [-0.1, -0.05) is 59.2 Å². The van der Waals surface area contributed by atoms with Gasteiger partial charge in [0.25, 0.3) is 0 Å². The molecular weight excluding hydrogens is 719 g/mol. The highest BCUT2D eigenvalue weighted by molar-refractivity contribution is 7.49. The predicted molar refractivity (Wildman–Crippen MR) is 188 cm³/mol. The normalized spacial score (nSPS) is 14.2. The quantitative estimate of drug-likeness (QED) is 0.0524. The second-order valence-electron chi connectivity index (χ2n) is 10.4. The lowest BCUT2D eigenvalue weighted by molar-refractivity contribution is -0.171. The van der Waals surface area contributed by atoms with Gasteiger partial charge < -0.3 is 15.3 Å². The molecule has 0 radical (unpaired) electrons. The number of carbonyl (C=O) groups excluding carboxylic acids is 9. The SMILES string of the molecule is C=CC(=O)C(CO)C(OP(=O)(OC(C(=O)C=C)(C(=O)C=C)C(CO)C(=O)C=C)OC(C(=O)C=C)(C(=O)C=C)C(CO)C(=O)C=C)(C(=O)C=C)C(=O)C=C. The standard InChI is InChI=1S/C36H39O16P/c1-10-25(40)22(19-37)34(28(43)13-4,29(44)14-5)50-53(49,51-35(30(45)15-6,31(46)16-7)23(20-38)26(41)11-2)52-36(32(47)17-8,33(48)18-9)24(21-39)27(42)12-3/h10-18,22-24,37-39H,1-9,19-21H2. The molecule has 284 valence electrons. The Kier molecular flexibility index (Phi) is 18.0. The zero-order valence-corrected chi connectivity index (χ0v) is 29.4. The minimum absolute atomic E-state index is 0.300. The molecule has 0 rings (SSSR count). The van der Waals surface area contributed by atoms with E-state index >= 15 is 4.57 Å². The van der Waals surface area contributed by atoms with Crippen molar-refractivity contribution in [3.8, 4) is 0 Å². The fourth-order valence-corrected chi connectivity index (χ4v) is 7.12. The second-order valence-corrected chi connectivity index (χ2v) is 11.8. The largest absolute Gasteiger partial charge is 0.479 e. The summed E-state index contributed by atoms with van der Waals surface area (Å²) in [6.07, 6.45) is 3.20. The topological polar surface area (TPSA) is 259 Å². The van der Waals surface area contributed by atoms with Crippen LogP contribution >= 0.6 is 7.82 Å². The first-order valence-electron chi connectivity index (χ1n) is 14.9. The third-order valence-corrected chi connectivity index (χ3v) is 9.26. The average molecular weight is 759 g/mol. The van der Waals surface area contributed by atoms with Crippen LogP contribution in [0.1, 0.15) is 0 Å². The molecule has 3 unspecified atom stereocenters. The summed E-state index contributed by atoms with van der Waals surface area (Å²) in [5, 5.41) is 31.0. The molecule has 0 amide bonds. The Balaban J connectivity index is 9.47. The summed E-state index contributed by atoms with van der Waals surface area (Å²) in [4.78, 5) is 122. The number of hydrogen-bond donors (Lipinski definition) is 3. The number of allylic oxidation sites excluding steroid dienone is 3. The first kappa shape index (κ1) is 47.7. The summed E-state index contributed by atoms with van der Waals surface area (Å²) < 4.78 is 31.9. The number of hydrogen-bond acceptors (Lipinski definition) is 16. The molecule has 0 saturated heterocycles. The molecule has 3 atom stereocenters. The lowest BCUT2D eigenvalue weighted by Crippen LogP contribution is -2.61. The minimum Gasteiger partial charge on any atom is -0.395 e. The van der Waals surface area contributed by atoms with Crippen molar-refractivity contribution in [1.29, 1.82) is 0 Å². The maximum absolute atomic E-state index is 15.5. The summed E-state index contributed by atoms with van der Waals surface area (Å²) in [5.74, 6) is -22.3. The minimum atomic E-state index is -6.84. The van der Waals surface area contributed by atoms with Crippen LogP contribution in [0.15, 0.2) is 114 Å². The highest BCUT2D eigenvalue weighted by atomic mass is 31.2. The van der Waals surface area contributed by atoms with E-state index in [-0.39, 0.29) is 0 Å². The van der Waals surface area contributed by atoms with Crippen LogP contribution in [0.25, 0.3) is 0 Å². The molecule has 0 aliphatic heterocycles. The van der Waals surface area contributed by atoms with E-state index in [1.807, 2.05) is 0 Å². The van der Waals surface area contributed by atoms with Gasteiger partial charge in [-0.25, -0.2) is 4.57 Å².